The van der Waals surface area contributed by atoms with E-state index in [1.807, 2.05) is 32.0 Å². The zero-order valence-corrected chi connectivity index (χ0v) is 13.9. The maximum Gasteiger partial charge on any atom is 0.275 e. The first kappa shape index (κ1) is 16.6. The Morgan fingerprint density at radius 1 is 0.920 bits per heavy atom. The Balaban J connectivity index is 1.67. The highest BCUT2D eigenvalue weighted by Gasteiger charge is 2.09. The summed E-state index contributed by atoms with van der Waals surface area (Å²) in [6.45, 7) is 4.09. The van der Waals surface area contributed by atoms with Crippen molar-refractivity contribution in [2.24, 2.45) is 0 Å². The van der Waals surface area contributed by atoms with Crippen molar-refractivity contribution in [3.8, 4) is 0 Å². The SMILES string of the molecule is Cc1ccc(Nc2cnc(C(=O)Nc3ccc(F)cc3)cn2)cc1C. The molecule has 0 aliphatic heterocycles. The standard InChI is InChI=1S/C19H17FN4O/c1-12-3-6-16(9-13(12)2)23-18-11-21-17(10-22-18)19(25)24-15-7-4-14(20)5-8-15/h3-11H,1-2H3,(H,22,23)(H,24,25). The van der Waals surface area contributed by atoms with Crippen molar-refractivity contribution in [1.82, 2.24) is 9.97 Å². The number of anilines is 3. The van der Waals surface area contributed by atoms with Crippen molar-refractivity contribution in [1.29, 1.82) is 0 Å². The zero-order chi connectivity index (χ0) is 17.8. The Morgan fingerprint density at radius 2 is 1.64 bits per heavy atom. The summed E-state index contributed by atoms with van der Waals surface area (Å²) < 4.78 is 12.9. The predicted octanol–water partition coefficient (Wildman–Crippen LogP) is 4.23. The van der Waals surface area contributed by atoms with E-state index in [1.165, 1.54) is 47.8 Å². The van der Waals surface area contributed by atoms with Gasteiger partial charge in [-0.2, -0.15) is 0 Å². The number of aromatic nitrogens is 2. The van der Waals surface area contributed by atoms with Crippen LogP contribution in [0.3, 0.4) is 0 Å². The summed E-state index contributed by atoms with van der Waals surface area (Å²) in [5, 5.41) is 5.79. The predicted molar refractivity (Wildman–Crippen MR) is 95.6 cm³/mol. The highest BCUT2D eigenvalue weighted by Crippen LogP contribution is 2.18. The smallest absolute Gasteiger partial charge is 0.275 e. The van der Waals surface area contributed by atoms with Gasteiger partial charge in [-0.1, -0.05) is 6.07 Å². The van der Waals surface area contributed by atoms with Crippen molar-refractivity contribution in [2.45, 2.75) is 13.8 Å². The summed E-state index contributed by atoms with van der Waals surface area (Å²) in [6.07, 6.45) is 2.89. The van der Waals surface area contributed by atoms with Gasteiger partial charge in [-0.05, 0) is 61.4 Å². The van der Waals surface area contributed by atoms with Crippen LogP contribution >= 0.6 is 0 Å². The molecule has 2 aromatic carbocycles. The van der Waals surface area contributed by atoms with Gasteiger partial charge in [0.05, 0.1) is 12.4 Å². The number of rotatable bonds is 4. The molecule has 5 nitrogen and oxygen atoms in total. The molecule has 0 spiro atoms. The molecule has 2 N–H and O–H groups in total. The van der Waals surface area contributed by atoms with Crippen LogP contribution in [-0.2, 0) is 0 Å². The van der Waals surface area contributed by atoms with Crippen LogP contribution < -0.4 is 10.6 Å². The van der Waals surface area contributed by atoms with Crippen molar-refractivity contribution >= 4 is 23.1 Å². The van der Waals surface area contributed by atoms with Gasteiger partial charge >= 0.3 is 0 Å². The molecule has 126 valence electrons. The van der Waals surface area contributed by atoms with Gasteiger partial charge in [0.1, 0.15) is 17.3 Å². The Hall–Kier alpha value is -3.28. The molecule has 0 unspecified atom stereocenters. The normalized spacial score (nSPS) is 10.4. The summed E-state index contributed by atoms with van der Waals surface area (Å²) in [7, 11) is 0. The van der Waals surface area contributed by atoms with Crippen LogP contribution in [0.5, 0.6) is 0 Å². The number of nitrogens with one attached hydrogen (secondary N) is 2. The Kier molecular flexibility index (Phi) is 4.70. The van der Waals surface area contributed by atoms with E-state index in [1.54, 1.807) is 0 Å². The Labute approximate surface area is 145 Å². The molecule has 3 aromatic rings. The van der Waals surface area contributed by atoms with Crippen molar-refractivity contribution in [3.63, 3.8) is 0 Å². The largest absolute Gasteiger partial charge is 0.339 e. The fourth-order valence-corrected chi connectivity index (χ4v) is 2.21. The third kappa shape index (κ3) is 4.17. The first-order chi connectivity index (χ1) is 12.0. The first-order valence-corrected chi connectivity index (χ1v) is 7.74. The van der Waals surface area contributed by atoms with Gasteiger partial charge in [-0.3, -0.25) is 4.79 Å². The van der Waals surface area contributed by atoms with Crippen molar-refractivity contribution < 1.29 is 9.18 Å². The lowest BCUT2D eigenvalue weighted by atomic mass is 10.1. The molecule has 1 amide bonds. The molecule has 0 radical (unpaired) electrons. The number of amides is 1. The van der Waals surface area contributed by atoms with E-state index in [9.17, 15) is 9.18 Å². The van der Waals surface area contributed by atoms with Crippen molar-refractivity contribution in [2.75, 3.05) is 10.6 Å². The zero-order valence-electron chi connectivity index (χ0n) is 13.9. The number of benzene rings is 2. The molecule has 0 bridgehead atoms. The summed E-state index contributed by atoms with van der Waals surface area (Å²) in [4.78, 5) is 20.4. The minimum atomic E-state index is -0.406. The fraction of sp³-hybridized carbons (Fsp3) is 0.105. The number of hydrogen-bond acceptors (Lipinski definition) is 4. The maximum absolute atomic E-state index is 12.9. The monoisotopic (exact) mass is 336 g/mol. The second-order valence-electron chi connectivity index (χ2n) is 5.67. The highest BCUT2D eigenvalue weighted by atomic mass is 19.1. The lowest BCUT2D eigenvalue weighted by Crippen LogP contribution is -2.14. The number of nitrogens with zero attached hydrogens (tertiary/aromatic N) is 2. The highest BCUT2D eigenvalue weighted by molar-refractivity contribution is 6.02. The number of carbonyl (C=O) groups is 1. The molecule has 0 aliphatic rings. The number of carbonyl (C=O) groups excluding carboxylic acids is 1. The number of halogens is 1. The number of aryl methyl sites for hydroxylation is 2. The molecular weight excluding hydrogens is 319 g/mol. The van der Waals surface area contributed by atoms with Gasteiger partial charge in [0, 0.05) is 11.4 Å². The van der Waals surface area contributed by atoms with Crippen LogP contribution in [0.2, 0.25) is 0 Å². The van der Waals surface area contributed by atoms with Crippen LogP contribution in [0.25, 0.3) is 0 Å². The van der Waals surface area contributed by atoms with E-state index >= 15 is 0 Å². The number of hydrogen-bond donors (Lipinski definition) is 2. The summed E-state index contributed by atoms with van der Waals surface area (Å²) in [6, 6.07) is 11.5. The molecule has 6 heteroatoms. The Bertz CT molecular complexity index is 892. The van der Waals surface area contributed by atoms with Gasteiger partial charge in [0.15, 0.2) is 0 Å². The van der Waals surface area contributed by atoms with E-state index in [2.05, 4.69) is 20.6 Å². The summed E-state index contributed by atoms with van der Waals surface area (Å²) in [5.74, 6) is -0.224. The van der Waals surface area contributed by atoms with Gasteiger partial charge < -0.3 is 10.6 Å². The minimum absolute atomic E-state index is 0.176. The second-order valence-corrected chi connectivity index (χ2v) is 5.67. The lowest BCUT2D eigenvalue weighted by molar-refractivity contribution is 0.102. The minimum Gasteiger partial charge on any atom is -0.339 e. The van der Waals surface area contributed by atoms with Crippen LogP contribution in [0.1, 0.15) is 21.6 Å². The molecule has 0 fully saturated rings. The molecule has 0 saturated carbocycles. The van der Waals surface area contributed by atoms with Crippen molar-refractivity contribution in [3.05, 3.63) is 77.5 Å². The molecule has 0 aliphatic carbocycles. The van der Waals surface area contributed by atoms with E-state index < -0.39 is 5.91 Å². The second kappa shape index (κ2) is 7.09. The molecule has 1 aromatic heterocycles. The van der Waals surface area contributed by atoms with E-state index in [0.717, 1.165) is 5.69 Å². The topological polar surface area (TPSA) is 66.9 Å². The van der Waals surface area contributed by atoms with E-state index in [4.69, 9.17) is 0 Å². The molecule has 0 atom stereocenters. The van der Waals surface area contributed by atoms with Gasteiger partial charge in [0.25, 0.3) is 5.91 Å². The molecular formula is C19H17FN4O. The van der Waals surface area contributed by atoms with Crippen LogP contribution in [0.15, 0.2) is 54.9 Å². The summed E-state index contributed by atoms with van der Waals surface area (Å²) >= 11 is 0. The van der Waals surface area contributed by atoms with Gasteiger partial charge in [-0.15, -0.1) is 0 Å². The van der Waals surface area contributed by atoms with Crippen LogP contribution in [0, 0.1) is 19.7 Å². The van der Waals surface area contributed by atoms with Crippen LogP contribution in [0.4, 0.5) is 21.6 Å². The average molecular weight is 336 g/mol. The van der Waals surface area contributed by atoms with Crippen LogP contribution in [-0.4, -0.2) is 15.9 Å². The summed E-state index contributed by atoms with van der Waals surface area (Å²) in [5.41, 5.74) is 3.96. The molecule has 1 heterocycles. The van der Waals surface area contributed by atoms with Gasteiger partial charge in [-0.25, -0.2) is 14.4 Å². The lowest BCUT2D eigenvalue weighted by Gasteiger charge is -2.08. The molecule has 25 heavy (non-hydrogen) atoms. The third-order valence-electron chi connectivity index (χ3n) is 3.77. The third-order valence-corrected chi connectivity index (χ3v) is 3.77. The van der Waals surface area contributed by atoms with E-state index in [0.29, 0.717) is 11.5 Å². The first-order valence-electron chi connectivity index (χ1n) is 7.74. The van der Waals surface area contributed by atoms with Gasteiger partial charge in [0.2, 0.25) is 0 Å². The quantitative estimate of drug-likeness (QED) is 0.748. The van der Waals surface area contributed by atoms with E-state index in [-0.39, 0.29) is 11.5 Å². The average Bonchev–Trinajstić information content (AvgIpc) is 2.61. The maximum atomic E-state index is 12.9. The molecule has 3 rings (SSSR count). The fourth-order valence-electron chi connectivity index (χ4n) is 2.21. The molecule has 0 saturated heterocycles. The Morgan fingerprint density at radius 3 is 2.28 bits per heavy atom.